The predicted molar refractivity (Wildman–Crippen MR) is 74.2 cm³/mol. The average molecular weight is 300 g/mol. The molecule has 1 saturated heterocycles. The minimum Gasteiger partial charge on any atom is -0.365 e. The third-order valence-electron chi connectivity index (χ3n) is 3.15. The molecule has 0 atom stereocenters. The number of primary sulfonamides is 1. The van der Waals surface area contributed by atoms with E-state index in [0.717, 1.165) is 25.6 Å². The fourth-order valence-corrected chi connectivity index (χ4v) is 2.71. The van der Waals surface area contributed by atoms with E-state index in [2.05, 4.69) is 5.32 Å². The van der Waals surface area contributed by atoms with Crippen molar-refractivity contribution in [2.24, 2.45) is 5.14 Å². The third-order valence-corrected chi connectivity index (χ3v) is 4.06. The van der Waals surface area contributed by atoms with Gasteiger partial charge in [0, 0.05) is 25.7 Å². The summed E-state index contributed by atoms with van der Waals surface area (Å²) in [7, 11) is -3.95. The zero-order chi connectivity index (χ0) is 14.8. The number of hydrogen-bond acceptors (Lipinski definition) is 6. The summed E-state index contributed by atoms with van der Waals surface area (Å²) in [6, 6.07) is 3.77. The van der Waals surface area contributed by atoms with Gasteiger partial charge >= 0.3 is 0 Å². The Morgan fingerprint density at radius 2 is 2.05 bits per heavy atom. The highest BCUT2D eigenvalue weighted by Crippen LogP contribution is 2.30. The van der Waals surface area contributed by atoms with E-state index in [4.69, 9.17) is 5.14 Å². The van der Waals surface area contributed by atoms with Crippen molar-refractivity contribution in [2.75, 3.05) is 31.1 Å². The first-order valence-electron chi connectivity index (χ1n) is 6.16. The molecule has 0 spiro atoms. The summed E-state index contributed by atoms with van der Waals surface area (Å²) in [5, 5.41) is 19.4. The Bertz CT molecular complexity index is 609. The summed E-state index contributed by atoms with van der Waals surface area (Å²) in [5.41, 5.74) is 0.185. The van der Waals surface area contributed by atoms with Crippen molar-refractivity contribution in [3.63, 3.8) is 0 Å². The van der Waals surface area contributed by atoms with Crippen LogP contribution in [0.1, 0.15) is 6.42 Å². The number of hydrogen-bond donors (Lipinski definition) is 2. The Hall–Kier alpha value is -1.71. The zero-order valence-electron chi connectivity index (χ0n) is 10.8. The molecule has 1 aliphatic heterocycles. The summed E-state index contributed by atoms with van der Waals surface area (Å²) < 4.78 is 22.6. The Morgan fingerprint density at radius 1 is 1.30 bits per heavy atom. The number of anilines is 1. The lowest BCUT2D eigenvalue weighted by molar-refractivity contribution is -0.384. The molecular formula is C11H16N4O4S. The molecule has 3 N–H and O–H groups in total. The molecule has 0 radical (unpaired) electrons. The highest BCUT2D eigenvalue weighted by molar-refractivity contribution is 7.89. The van der Waals surface area contributed by atoms with E-state index in [1.807, 2.05) is 4.90 Å². The summed E-state index contributed by atoms with van der Waals surface area (Å²) in [5.74, 6) is 0. The first kappa shape index (κ1) is 14.7. The van der Waals surface area contributed by atoms with Gasteiger partial charge in [-0.1, -0.05) is 0 Å². The van der Waals surface area contributed by atoms with Crippen molar-refractivity contribution in [2.45, 2.75) is 11.3 Å². The minimum atomic E-state index is -3.95. The van der Waals surface area contributed by atoms with E-state index in [9.17, 15) is 18.5 Å². The van der Waals surface area contributed by atoms with Crippen LogP contribution in [0, 0.1) is 10.1 Å². The maximum absolute atomic E-state index is 11.3. The Kier molecular flexibility index (Phi) is 4.21. The van der Waals surface area contributed by atoms with Gasteiger partial charge in [0.25, 0.3) is 5.69 Å². The van der Waals surface area contributed by atoms with Gasteiger partial charge in [0.15, 0.2) is 0 Å². The number of nitro benzene ring substituents is 1. The first-order valence-corrected chi connectivity index (χ1v) is 7.71. The number of nitrogens with one attached hydrogen (secondary N) is 1. The summed E-state index contributed by atoms with van der Waals surface area (Å²) in [6.45, 7) is 2.91. The fraction of sp³-hybridized carbons (Fsp3) is 0.455. The molecule has 1 aliphatic rings. The van der Waals surface area contributed by atoms with E-state index in [1.165, 1.54) is 12.1 Å². The second kappa shape index (κ2) is 5.73. The van der Waals surface area contributed by atoms with Gasteiger partial charge in [0.1, 0.15) is 5.69 Å². The molecule has 0 saturated carbocycles. The van der Waals surface area contributed by atoms with Gasteiger partial charge in [-0.3, -0.25) is 10.1 Å². The van der Waals surface area contributed by atoms with E-state index in [-0.39, 0.29) is 10.6 Å². The van der Waals surface area contributed by atoms with E-state index in [1.54, 1.807) is 0 Å². The molecule has 0 amide bonds. The van der Waals surface area contributed by atoms with Gasteiger partial charge in [-0.05, 0) is 25.1 Å². The van der Waals surface area contributed by atoms with Gasteiger partial charge in [-0.15, -0.1) is 0 Å². The molecule has 1 aromatic carbocycles. The van der Waals surface area contributed by atoms with Crippen LogP contribution in [0.2, 0.25) is 0 Å². The molecule has 9 heteroatoms. The molecule has 0 aromatic heterocycles. The monoisotopic (exact) mass is 300 g/mol. The van der Waals surface area contributed by atoms with Crippen LogP contribution in [0.15, 0.2) is 23.1 Å². The van der Waals surface area contributed by atoms with Crippen LogP contribution < -0.4 is 15.4 Å². The van der Waals surface area contributed by atoms with Crippen LogP contribution in [0.3, 0.4) is 0 Å². The molecule has 0 unspecified atom stereocenters. The fourth-order valence-electron chi connectivity index (χ4n) is 2.18. The topological polar surface area (TPSA) is 119 Å². The molecule has 1 heterocycles. The maximum Gasteiger partial charge on any atom is 0.293 e. The minimum absolute atomic E-state index is 0.238. The lowest BCUT2D eigenvalue weighted by Gasteiger charge is -2.22. The second-order valence-corrected chi connectivity index (χ2v) is 6.10. The van der Waals surface area contributed by atoms with E-state index >= 15 is 0 Å². The predicted octanol–water partition coefficient (Wildman–Crippen LogP) is 0.0419. The van der Waals surface area contributed by atoms with Crippen LogP contribution in [-0.4, -0.2) is 39.5 Å². The van der Waals surface area contributed by atoms with Crippen molar-refractivity contribution in [1.82, 2.24) is 5.32 Å². The van der Waals surface area contributed by atoms with Crippen molar-refractivity contribution in [1.29, 1.82) is 0 Å². The van der Waals surface area contributed by atoms with Gasteiger partial charge < -0.3 is 10.2 Å². The van der Waals surface area contributed by atoms with E-state index in [0.29, 0.717) is 18.8 Å². The molecular weight excluding hydrogens is 284 g/mol. The number of rotatable bonds is 3. The number of benzene rings is 1. The molecule has 110 valence electrons. The van der Waals surface area contributed by atoms with Crippen molar-refractivity contribution in [3.8, 4) is 0 Å². The summed E-state index contributed by atoms with van der Waals surface area (Å²) in [6.07, 6.45) is 0.869. The molecule has 0 bridgehead atoms. The van der Waals surface area contributed by atoms with Crippen molar-refractivity contribution >= 4 is 21.4 Å². The zero-order valence-corrected chi connectivity index (χ0v) is 11.6. The van der Waals surface area contributed by atoms with Gasteiger partial charge in [0.05, 0.1) is 9.82 Å². The van der Waals surface area contributed by atoms with Crippen LogP contribution in [0.5, 0.6) is 0 Å². The van der Waals surface area contributed by atoms with Crippen LogP contribution in [0.25, 0.3) is 0 Å². The van der Waals surface area contributed by atoms with E-state index < -0.39 is 14.9 Å². The second-order valence-electron chi connectivity index (χ2n) is 4.54. The van der Waals surface area contributed by atoms with Crippen molar-refractivity contribution < 1.29 is 13.3 Å². The van der Waals surface area contributed by atoms with Crippen molar-refractivity contribution in [3.05, 3.63) is 28.3 Å². The largest absolute Gasteiger partial charge is 0.365 e. The summed E-state index contributed by atoms with van der Waals surface area (Å²) >= 11 is 0. The standard InChI is InChI=1S/C11H16N4O4S/c12-20(18,19)9-2-3-10(11(8-9)15(16)17)14-6-1-4-13-5-7-14/h2-3,8,13H,1,4-7H2,(H2,12,18,19). The average Bonchev–Trinajstić information content (AvgIpc) is 2.65. The van der Waals surface area contributed by atoms with Crippen LogP contribution >= 0.6 is 0 Å². The molecule has 0 aliphatic carbocycles. The first-order chi connectivity index (χ1) is 9.39. The maximum atomic E-state index is 11.3. The lowest BCUT2D eigenvalue weighted by atomic mass is 10.2. The SMILES string of the molecule is NS(=O)(=O)c1ccc(N2CCCNCC2)c([N+](=O)[O-])c1. The number of nitrogens with two attached hydrogens (primary N) is 1. The number of nitrogens with zero attached hydrogens (tertiary/aromatic N) is 2. The molecule has 1 aromatic rings. The highest BCUT2D eigenvalue weighted by Gasteiger charge is 2.23. The van der Waals surface area contributed by atoms with Gasteiger partial charge in [-0.25, -0.2) is 13.6 Å². The number of sulfonamides is 1. The normalized spacial score (nSPS) is 16.8. The molecule has 1 fully saturated rings. The molecule has 2 rings (SSSR count). The number of nitro groups is 1. The Labute approximate surface area is 116 Å². The Morgan fingerprint density at radius 3 is 2.70 bits per heavy atom. The third kappa shape index (κ3) is 3.24. The molecule has 20 heavy (non-hydrogen) atoms. The quantitative estimate of drug-likeness (QED) is 0.601. The molecule has 8 nitrogen and oxygen atoms in total. The smallest absolute Gasteiger partial charge is 0.293 e. The Balaban J connectivity index is 2.44. The van der Waals surface area contributed by atoms with Gasteiger partial charge in [-0.2, -0.15) is 0 Å². The lowest BCUT2D eigenvalue weighted by Crippen LogP contribution is -2.28. The van der Waals surface area contributed by atoms with Gasteiger partial charge in [0.2, 0.25) is 10.0 Å². The van der Waals surface area contributed by atoms with Crippen LogP contribution in [-0.2, 0) is 10.0 Å². The summed E-state index contributed by atoms with van der Waals surface area (Å²) in [4.78, 5) is 12.2. The highest BCUT2D eigenvalue weighted by atomic mass is 32.2. The van der Waals surface area contributed by atoms with Crippen LogP contribution in [0.4, 0.5) is 11.4 Å².